The van der Waals surface area contributed by atoms with E-state index in [9.17, 15) is 4.79 Å². The Morgan fingerprint density at radius 2 is 1.81 bits per heavy atom. The van der Waals surface area contributed by atoms with E-state index in [4.69, 9.17) is 0 Å². The molecule has 1 aromatic rings. The average molecular weight is 218 g/mol. The zero-order valence-corrected chi connectivity index (χ0v) is 10.6. The van der Waals surface area contributed by atoms with Gasteiger partial charge in [0.05, 0.1) is 0 Å². The van der Waals surface area contributed by atoms with Crippen LogP contribution in [-0.4, -0.2) is 5.78 Å². The largest absolute Gasteiger partial charge is 0.299 e. The van der Waals surface area contributed by atoms with Crippen LogP contribution >= 0.6 is 0 Å². The van der Waals surface area contributed by atoms with E-state index in [2.05, 4.69) is 38.1 Å². The molecule has 0 saturated carbocycles. The van der Waals surface area contributed by atoms with E-state index in [0.717, 1.165) is 24.8 Å². The summed E-state index contributed by atoms with van der Waals surface area (Å²) in [5.41, 5.74) is 2.39. The summed E-state index contributed by atoms with van der Waals surface area (Å²) in [6.45, 7) is 6.24. The molecule has 1 rings (SSSR count). The Hall–Kier alpha value is -1.11. The Kier molecular flexibility index (Phi) is 5.24. The van der Waals surface area contributed by atoms with Crippen LogP contribution in [-0.2, 0) is 4.79 Å². The Morgan fingerprint density at radius 1 is 1.19 bits per heavy atom. The number of rotatable bonds is 6. The minimum Gasteiger partial charge on any atom is -0.299 e. The van der Waals surface area contributed by atoms with Crippen molar-refractivity contribution in [1.29, 1.82) is 0 Å². The van der Waals surface area contributed by atoms with Gasteiger partial charge in [-0.3, -0.25) is 4.79 Å². The maximum atomic E-state index is 11.9. The molecule has 0 amide bonds. The van der Waals surface area contributed by atoms with Crippen molar-refractivity contribution in [3.63, 3.8) is 0 Å². The highest BCUT2D eigenvalue weighted by Gasteiger charge is 2.13. The van der Waals surface area contributed by atoms with Crippen molar-refractivity contribution in [3.8, 4) is 0 Å². The second-order valence-electron chi connectivity index (χ2n) is 4.56. The number of benzene rings is 1. The predicted molar refractivity (Wildman–Crippen MR) is 68.7 cm³/mol. The van der Waals surface area contributed by atoms with E-state index in [1.165, 1.54) is 12.0 Å². The van der Waals surface area contributed by atoms with Crippen LogP contribution in [0.15, 0.2) is 24.3 Å². The third kappa shape index (κ3) is 3.80. The Balaban J connectivity index is 2.53. The summed E-state index contributed by atoms with van der Waals surface area (Å²) in [4.78, 5) is 11.9. The number of carbonyl (C=O) groups excluding carboxylic acids is 1. The maximum absolute atomic E-state index is 11.9. The normalized spacial score (nSPS) is 12.4. The van der Waals surface area contributed by atoms with Crippen molar-refractivity contribution in [3.05, 3.63) is 35.4 Å². The first kappa shape index (κ1) is 13.0. The molecule has 0 aliphatic carbocycles. The van der Waals surface area contributed by atoms with Gasteiger partial charge in [0.15, 0.2) is 0 Å². The molecule has 16 heavy (non-hydrogen) atoms. The van der Waals surface area contributed by atoms with Crippen LogP contribution in [0.1, 0.15) is 56.6 Å². The molecular formula is C15H22O. The Morgan fingerprint density at radius 3 is 2.38 bits per heavy atom. The van der Waals surface area contributed by atoms with Gasteiger partial charge in [0.1, 0.15) is 5.78 Å². The lowest BCUT2D eigenvalue weighted by atomic mass is 9.93. The molecular weight excluding hydrogens is 196 g/mol. The highest BCUT2D eigenvalue weighted by Crippen LogP contribution is 2.19. The standard InChI is InChI=1S/C15H22O/c1-4-5-6-7-15(16)13(3)14-10-8-12(2)9-11-14/h8-11,13H,4-7H2,1-3H3. The summed E-state index contributed by atoms with van der Waals surface area (Å²) >= 11 is 0. The first-order valence-corrected chi connectivity index (χ1v) is 6.24. The monoisotopic (exact) mass is 218 g/mol. The highest BCUT2D eigenvalue weighted by molar-refractivity contribution is 5.85. The summed E-state index contributed by atoms with van der Waals surface area (Å²) < 4.78 is 0. The quantitative estimate of drug-likeness (QED) is 0.652. The van der Waals surface area contributed by atoms with Gasteiger partial charge in [-0.1, -0.05) is 56.5 Å². The number of Topliss-reactive ketones (excluding diaryl/α,β-unsaturated/α-hetero) is 1. The van der Waals surface area contributed by atoms with E-state index < -0.39 is 0 Å². The minimum atomic E-state index is 0.0532. The van der Waals surface area contributed by atoms with E-state index in [1.54, 1.807) is 0 Å². The number of unbranched alkanes of at least 4 members (excludes halogenated alkanes) is 2. The van der Waals surface area contributed by atoms with Crippen molar-refractivity contribution in [1.82, 2.24) is 0 Å². The van der Waals surface area contributed by atoms with E-state index in [1.807, 2.05) is 6.92 Å². The van der Waals surface area contributed by atoms with Crippen LogP contribution in [0, 0.1) is 6.92 Å². The first-order chi connectivity index (χ1) is 7.65. The lowest BCUT2D eigenvalue weighted by molar-refractivity contribution is -0.120. The van der Waals surface area contributed by atoms with Crippen LogP contribution in [0.2, 0.25) is 0 Å². The zero-order chi connectivity index (χ0) is 12.0. The highest BCUT2D eigenvalue weighted by atomic mass is 16.1. The SMILES string of the molecule is CCCCCC(=O)C(C)c1ccc(C)cc1. The van der Waals surface area contributed by atoms with Crippen molar-refractivity contribution in [2.24, 2.45) is 0 Å². The molecule has 0 aromatic heterocycles. The van der Waals surface area contributed by atoms with E-state index >= 15 is 0 Å². The van der Waals surface area contributed by atoms with Gasteiger partial charge in [-0.05, 0) is 18.9 Å². The van der Waals surface area contributed by atoms with E-state index in [-0.39, 0.29) is 5.92 Å². The fourth-order valence-corrected chi connectivity index (χ4v) is 1.81. The molecule has 1 nitrogen and oxygen atoms in total. The molecule has 88 valence electrons. The molecule has 0 aliphatic rings. The van der Waals surface area contributed by atoms with Crippen molar-refractivity contribution in [2.75, 3.05) is 0 Å². The Bertz CT molecular complexity index is 324. The van der Waals surface area contributed by atoms with Gasteiger partial charge < -0.3 is 0 Å². The molecule has 1 atom stereocenters. The third-order valence-electron chi connectivity index (χ3n) is 3.09. The molecule has 1 unspecified atom stereocenters. The number of hydrogen-bond donors (Lipinski definition) is 0. The summed E-state index contributed by atoms with van der Waals surface area (Å²) in [5, 5.41) is 0. The van der Waals surface area contributed by atoms with Crippen LogP contribution in [0.25, 0.3) is 0 Å². The van der Waals surface area contributed by atoms with Gasteiger partial charge >= 0.3 is 0 Å². The van der Waals surface area contributed by atoms with Crippen LogP contribution in [0.4, 0.5) is 0 Å². The summed E-state index contributed by atoms with van der Waals surface area (Å²) in [5.74, 6) is 0.426. The molecule has 0 aliphatic heterocycles. The van der Waals surface area contributed by atoms with Crippen molar-refractivity contribution >= 4 is 5.78 Å². The van der Waals surface area contributed by atoms with Gasteiger partial charge in [0, 0.05) is 12.3 Å². The fraction of sp³-hybridized carbons (Fsp3) is 0.533. The molecule has 1 aromatic carbocycles. The van der Waals surface area contributed by atoms with Crippen LogP contribution in [0.3, 0.4) is 0 Å². The van der Waals surface area contributed by atoms with Gasteiger partial charge in [-0.25, -0.2) is 0 Å². The number of aryl methyl sites for hydroxylation is 1. The topological polar surface area (TPSA) is 17.1 Å². The number of hydrogen-bond acceptors (Lipinski definition) is 1. The third-order valence-corrected chi connectivity index (χ3v) is 3.09. The van der Waals surface area contributed by atoms with Gasteiger partial charge in [0.25, 0.3) is 0 Å². The van der Waals surface area contributed by atoms with Gasteiger partial charge in [0.2, 0.25) is 0 Å². The molecule has 0 N–H and O–H groups in total. The van der Waals surface area contributed by atoms with Crippen LogP contribution in [0.5, 0.6) is 0 Å². The second-order valence-corrected chi connectivity index (χ2v) is 4.56. The molecule has 0 fully saturated rings. The number of ketones is 1. The second kappa shape index (κ2) is 6.47. The molecule has 0 heterocycles. The summed E-state index contributed by atoms with van der Waals surface area (Å²) in [6, 6.07) is 8.28. The van der Waals surface area contributed by atoms with Gasteiger partial charge in [-0.15, -0.1) is 0 Å². The summed E-state index contributed by atoms with van der Waals surface area (Å²) in [7, 11) is 0. The molecule has 0 saturated heterocycles. The van der Waals surface area contributed by atoms with Crippen molar-refractivity contribution < 1.29 is 4.79 Å². The fourth-order valence-electron chi connectivity index (χ4n) is 1.81. The lowest BCUT2D eigenvalue weighted by Crippen LogP contribution is -2.08. The Labute approximate surface area is 98.9 Å². The lowest BCUT2D eigenvalue weighted by Gasteiger charge is -2.10. The zero-order valence-electron chi connectivity index (χ0n) is 10.6. The van der Waals surface area contributed by atoms with Gasteiger partial charge in [-0.2, -0.15) is 0 Å². The molecule has 0 radical (unpaired) electrons. The molecule has 0 bridgehead atoms. The number of carbonyl (C=O) groups is 1. The maximum Gasteiger partial charge on any atom is 0.140 e. The smallest absolute Gasteiger partial charge is 0.140 e. The summed E-state index contributed by atoms with van der Waals surface area (Å²) in [6.07, 6.45) is 4.09. The minimum absolute atomic E-state index is 0.0532. The predicted octanol–water partition coefficient (Wildman–Crippen LogP) is 4.25. The van der Waals surface area contributed by atoms with Crippen LogP contribution < -0.4 is 0 Å². The van der Waals surface area contributed by atoms with E-state index in [0.29, 0.717) is 5.78 Å². The molecule has 0 spiro atoms. The van der Waals surface area contributed by atoms with Crippen molar-refractivity contribution in [2.45, 2.75) is 52.4 Å². The molecule has 1 heteroatoms. The average Bonchev–Trinajstić information content (AvgIpc) is 2.29. The first-order valence-electron chi connectivity index (χ1n) is 6.24.